The van der Waals surface area contributed by atoms with Crippen LogP contribution in [-0.2, 0) is 0 Å². The van der Waals surface area contributed by atoms with Crippen LogP contribution in [0.25, 0.3) is 0 Å². The van der Waals surface area contributed by atoms with Gasteiger partial charge in [-0.3, -0.25) is 0 Å². The summed E-state index contributed by atoms with van der Waals surface area (Å²) in [4.78, 5) is 0. The van der Waals surface area contributed by atoms with Crippen molar-refractivity contribution in [1.82, 2.24) is 9.78 Å². The molecule has 0 aromatic carbocycles. The summed E-state index contributed by atoms with van der Waals surface area (Å²) in [5.74, 6) is 0.872. The summed E-state index contributed by atoms with van der Waals surface area (Å²) in [7, 11) is 0. The lowest BCUT2D eigenvalue weighted by Gasteiger charge is -2.20. The number of nitrogens with zero attached hydrogens (tertiary/aromatic N) is 2. The van der Waals surface area contributed by atoms with Gasteiger partial charge in [0.15, 0.2) is 0 Å². The lowest BCUT2D eigenvalue weighted by Crippen LogP contribution is -2.14. The van der Waals surface area contributed by atoms with Gasteiger partial charge in [-0.15, -0.1) is 0 Å². The van der Waals surface area contributed by atoms with Crippen molar-refractivity contribution in [2.24, 2.45) is 0 Å². The maximum Gasteiger partial charge on any atom is 0.124 e. The number of aromatic nitrogens is 2. The van der Waals surface area contributed by atoms with Crippen molar-refractivity contribution in [1.29, 1.82) is 0 Å². The second kappa shape index (κ2) is 7.56. The fourth-order valence-electron chi connectivity index (χ4n) is 3.14. The summed E-state index contributed by atoms with van der Waals surface area (Å²) in [6.45, 7) is 2.05. The number of nitrogens with two attached hydrogens (primary N) is 1. The van der Waals surface area contributed by atoms with Gasteiger partial charge in [0.25, 0.3) is 0 Å². The van der Waals surface area contributed by atoms with Crippen LogP contribution in [0.2, 0.25) is 0 Å². The zero-order valence-corrected chi connectivity index (χ0v) is 12.4. The number of aryl methyl sites for hydroxylation is 1. The molecule has 2 N–H and O–H groups in total. The Bertz CT molecular complexity index is 358. The second-order valence-corrected chi connectivity index (χ2v) is 6.07. The number of anilines is 1. The summed E-state index contributed by atoms with van der Waals surface area (Å²) >= 11 is 0. The molecule has 1 heterocycles. The molecule has 0 amide bonds. The van der Waals surface area contributed by atoms with E-state index in [2.05, 4.69) is 9.78 Å². The first-order valence-electron chi connectivity index (χ1n) is 8.08. The van der Waals surface area contributed by atoms with Crippen molar-refractivity contribution < 1.29 is 0 Å². The smallest absolute Gasteiger partial charge is 0.124 e. The van der Waals surface area contributed by atoms with Gasteiger partial charge in [-0.2, -0.15) is 5.10 Å². The molecule has 1 aromatic rings. The molecule has 3 nitrogen and oxygen atoms in total. The van der Waals surface area contributed by atoms with Crippen LogP contribution in [-0.4, -0.2) is 9.78 Å². The highest BCUT2D eigenvalue weighted by Crippen LogP contribution is 2.27. The quantitative estimate of drug-likeness (QED) is 0.803. The highest BCUT2D eigenvalue weighted by molar-refractivity contribution is 5.37. The standard InChI is InChI=1S/C16H29N3/c1-14-13-18-19(16(14)17)15-11-9-7-5-3-2-4-6-8-10-12-15/h13,15H,2-12,17H2,1H3. The Labute approximate surface area is 117 Å². The molecular weight excluding hydrogens is 234 g/mol. The Morgan fingerprint density at radius 2 is 1.42 bits per heavy atom. The zero-order valence-electron chi connectivity index (χ0n) is 12.4. The molecule has 108 valence electrons. The molecule has 3 heteroatoms. The van der Waals surface area contributed by atoms with Gasteiger partial charge in [-0.1, -0.05) is 57.8 Å². The van der Waals surface area contributed by atoms with Gasteiger partial charge in [0.2, 0.25) is 0 Å². The van der Waals surface area contributed by atoms with Crippen molar-refractivity contribution in [2.45, 2.75) is 83.6 Å². The van der Waals surface area contributed by atoms with Gasteiger partial charge in [0.1, 0.15) is 5.82 Å². The fourth-order valence-corrected chi connectivity index (χ4v) is 3.14. The predicted molar refractivity (Wildman–Crippen MR) is 81.2 cm³/mol. The van der Waals surface area contributed by atoms with Gasteiger partial charge >= 0.3 is 0 Å². The molecule has 0 atom stereocenters. The van der Waals surface area contributed by atoms with Crippen molar-refractivity contribution in [3.63, 3.8) is 0 Å². The normalized spacial score (nSPS) is 20.7. The van der Waals surface area contributed by atoms with E-state index in [1.807, 2.05) is 13.1 Å². The van der Waals surface area contributed by atoms with E-state index in [0.29, 0.717) is 6.04 Å². The van der Waals surface area contributed by atoms with Crippen LogP contribution in [0, 0.1) is 6.92 Å². The first kappa shape index (κ1) is 14.4. The molecule has 0 bridgehead atoms. The summed E-state index contributed by atoms with van der Waals surface area (Å²) in [6.07, 6.45) is 16.9. The van der Waals surface area contributed by atoms with Crippen LogP contribution in [0.4, 0.5) is 5.82 Å². The van der Waals surface area contributed by atoms with Crippen LogP contribution in [0.3, 0.4) is 0 Å². The van der Waals surface area contributed by atoms with Crippen molar-refractivity contribution in [2.75, 3.05) is 5.73 Å². The Morgan fingerprint density at radius 1 is 0.947 bits per heavy atom. The van der Waals surface area contributed by atoms with Gasteiger partial charge in [-0.25, -0.2) is 4.68 Å². The minimum atomic E-state index is 0.521. The summed E-state index contributed by atoms with van der Waals surface area (Å²) in [5.41, 5.74) is 7.27. The van der Waals surface area contributed by atoms with E-state index in [9.17, 15) is 0 Å². The molecule has 1 saturated carbocycles. The van der Waals surface area contributed by atoms with Gasteiger partial charge < -0.3 is 5.73 Å². The minimum absolute atomic E-state index is 0.521. The lowest BCUT2D eigenvalue weighted by atomic mass is 9.98. The van der Waals surface area contributed by atoms with Crippen LogP contribution in [0.15, 0.2) is 6.20 Å². The van der Waals surface area contributed by atoms with E-state index in [0.717, 1.165) is 11.4 Å². The summed E-state index contributed by atoms with van der Waals surface area (Å²) in [6, 6.07) is 0.521. The Balaban J connectivity index is 1.96. The summed E-state index contributed by atoms with van der Waals surface area (Å²) in [5, 5.41) is 4.50. The van der Waals surface area contributed by atoms with E-state index in [-0.39, 0.29) is 0 Å². The zero-order chi connectivity index (χ0) is 13.5. The molecule has 0 spiro atoms. The van der Waals surface area contributed by atoms with Crippen molar-refractivity contribution in [3.8, 4) is 0 Å². The third-order valence-corrected chi connectivity index (χ3v) is 4.45. The van der Waals surface area contributed by atoms with Crippen molar-refractivity contribution >= 4 is 5.82 Å². The monoisotopic (exact) mass is 263 g/mol. The maximum absolute atomic E-state index is 6.15. The Kier molecular flexibility index (Phi) is 5.74. The Hall–Kier alpha value is -0.990. The van der Waals surface area contributed by atoms with Crippen molar-refractivity contribution in [3.05, 3.63) is 11.8 Å². The Morgan fingerprint density at radius 3 is 1.84 bits per heavy atom. The fraction of sp³-hybridized carbons (Fsp3) is 0.812. The average Bonchev–Trinajstić information content (AvgIpc) is 2.71. The number of hydrogen-bond acceptors (Lipinski definition) is 2. The highest BCUT2D eigenvalue weighted by Gasteiger charge is 2.15. The van der Waals surface area contributed by atoms with Crippen LogP contribution >= 0.6 is 0 Å². The van der Waals surface area contributed by atoms with E-state index in [1.165, 1.54) is 70.6 Å². The molecule has 0 saturated heterocycles. The topological polar surface area (TPSA) is 43.8 Å². The average molecular weight is 263 g/mol. The molecule has 1 aliphatic rings. The third-order valence-electron chi connectivity index (χ3n) is 4.45. The predicted octanol–water partition coefficient (Wildman–Crippen LogP) is 4.62. The molecule has 2 rings (SSSR count). The number of nitrogen functional groups attached to an aromatic ring is 1. The molecule has 1 aromatic heterocycles. The molecule has 0 aliphatic heterocycles. The highest BCUT2D eigenvalue weighted by atomic mass is 15.3. The van der Waals surface area contributed by atoms with Gasteiger partial charge in [0, 0.05) is 5.56 Å². The van der Waals surface area contributed by atoms with Crippen LogP contribution in [0.1, 0.15) is 82.2 Å². The molecule has 0 unspecified atom stereocenters. The third kappa shape index (κ3) is 4.26. The first-order valence-corrected chi connectivity index (χ1v) is 8.08. The lowest BCUT2D eigenvalue weighted by molar-refractivity contribution is 0.365. The number of hydrogen-bond donors (Lipinski definition) is 1. The van der Waals surface area contributed by atoms with Gasteiger partial charge in [0.05, 0.1) is 12.2 Å². The first-order chi connectivity index (χ1) is 9.29. The van der Waals surface area contributed by atoms with Crippen LogP contribution < -0.4 is 5.73 Å². The van der Waals surface area contributed by atoms with E-state index < -0.39 is 0 Å². The van der Waals surface area contributed by atoms with E-state index in [1.54, 1.807) is 0 Å². The van der Waals surface area contributed by atoms with Gasteiger partial charge in [-0.05, 0) is 19.8 Å². The molecular formula is C16H29N3. The van der Waals surface area contributed by atoms with E-state index >= 15 is 0 Å². The SMILES string of the molecule is Cc1cnn(C2CCCCCCCCCCC2)c1N. The largest absolute Gasteiger partial charge is 0.384 e. The molecule has 1 aliphatic carbocycles. The minimum Gasteiger partial charge on any atom is -0.384 e. The van der Waals surface area contributed by atoms with E-state index in [4.69, 9.17) is 5.73 Å². The maximum atomic E-state index is 6.15. The second-order valence-electron chi connectivity index (χ2n) is 6.07. The summed E-state index contributed by atoms with van der Waals surface area (Å²) < 4.78 is 2.08. The molecule has 1 fully saturated rings. The molecule has 0 radical (unpaired) electrons. The van der Waals surface area contributed by atoms with Crippen LogP contribution in [0.5, 0.6) is 0 Å². The molecule has 19 heavy (non-hydrogen) atoms. The number of rotatable bonds is 1.